The smallest absolute Gasteiger partial charge is 0.253 e. The van der Waals surface area contributed by atoms with Crippen LogP contribution in [0.2, 0.25) is 0 Å². The summed E-state index contributed by atoms with van der Waals surface area (Å²) in [5, 5.41) is 2.89. The lowest BCUT2D eigenvalue weighted by Gasteiger charge is -2.11. The van der Waals surface area contributed by atoms with Gasteiger partial charge in [-0.05, 0) is 43.2 Å². The number of amides is 1. The molecule has 5 heteroatoms. The molecule has 0 saturated carbocycles. The standard InChI is InChI=1S/C18H22N2O3/c1-12-4-6-15(19)14(10-12)18(21)20-9-8-13-5-7-16(22-2)17(11-13)23-3/h4-7,10-11H,8-9,19H2,1-3H3,(H,20,21). The van der Waals surface area contributed by atoms with Crippen LogP contribution in [-0.4, -0.2) is 26.7 Å². The van der Waals surface area contributed by atoms with Crippen LogP contribution in [0, 0.1) is 6.92 Å². The van der Waals surface area contributed by atoms with Crippen molar-refractivity contribution in [2.75, 3.05) is 26.5 Å². The van der Waals surface area contributed by atoms with E-state index in [-0.39, 0.29) is 5.91 Å². The fraction of sp³-hybridized carbons (Fsp3) is 0.278. The Balaban J connectivity index is 1.97. The van der Waals surface area contributed by atoms with Crippen molar-refractivity contribution in [3.63, 3.8) is 0 Å². The second-order valence-electron chi connectivity index (χ2n) is 5.29. The zero-order valence-corrected chi connectivity index (χ0v) is 13.7. The van der Waals surface area contributed by atoms with E-state index in [4.69, 9.17) is 15.2 Å². The summed E-state index contributed by atoms with van der Waals surface area (Å²) in [7, 11) is 3.20. The molecular weight excluding hydrogens is 292 g/mol. The lowest BCUT2D eigenvalue weighted by atomic mass is 10.1. The molecule has 0 aliphatic rings. The van der Waals surface area contributed by atoms with Gasteiger partial charge >= 0.3 is 0 Å². The van der Waals surface area contributed by atoms with E-state index in [0.717, 1.165) is 11.1 Å². The van der Waals surface area contributed by atoms with Crippen LogP contribution in [0.4, 0.5) is 5.69 Å². The largest absolute Gasteiger partial charge is 0.493 e. The third kappa shape index (κ3) is 4.16. The van der Waals surface area contributed by atoms with Crippen molar-refractivity contribution < 1.29 is 14.3 Å². The maximum atomic E-state index is 12.2. The molecule has 0 aliphatic heterocycles. The van der Waals surface area contributed by atoms with Crippen LogP contribution in [0.15, 0.2) is 36.4 Å². The molecule has 3 N–H and O–H groups in total. The molecule has 122 valence electrons. The van der Waals surface area contributed by atoms with Gasteiger partial charge in [-0.15, -0.1) is 0 Å². The van der Waals surface area contributed by atoms with Gasteiger partial charge in [-0.25, -0.2) is 0 Å². The fourth-order valence-electron chi connectivity index (χ4n) is 2.32. The quantitative estimate of drug-likeness (QED) is 0.804. The van der Waals surface area contributed by atoms with Gasteiger partial charge in [0.1, 0.15) is 0 Å². The summed E-state index contributed by atoms with van der Waals surface area (Å²) >= 11 is 0. The molecule has 1 amide bonds. The number of benzene rings is 2. The molecule has 5 nitrogen and oxygen atoms in total. The van der Waals surface area contributed by atoms with Gasteiger partial charge in [0, 0.05) is 12.2 Å². The molecule has 0 radical (unpaired) electrons. The van der Waals surface area contributed by atoms with Gasteiger partial charge in [0.05, 0.1) is 19.8 Å². The number of nitrogen functional groups attached to an aromatic ring is 1. The van der Waals surface area contributed by atoms with Crippen molar-refractivity contribution in [3.05, 3.63) is 53.1 Å². The van der Waals surface area contributed by atoms with Crippen molar-refractivity contribution in [1.82, 2.24) is 5.32 Å². The highest BCUT2D eigenvalue weighted by molar-refractivity contribution is 5.99. The summed E-state index contributed by atoms with van der Waals surface area (Å²) in [4.78, 5) is 12.2. The Labute approximate surface area is 136 Å². The van der Waals surface area contributed by atoms with Crippen LogP contribution in [0.1, 0.15) is 21.5 Å². The van der Waals surface area contributed by atoms with Gasteiger partial charge in [-0.3, -0.25) is 4.79 Å². The molecule has 0 aliphatic carbocycles. The monoisotopic (exact) mass is 314 g/mol. The third-order valence-electron chi connectivity index (χ3n) is 3.60. The number of carbonyl (C=O) groups is 1. The van der Waals surface area contributed by atoms with Crippen molar-refractivity contribution in [3.8, 4) is 11.5 Å². The van der Waals surface area contributed by atoms with Gasteiger partial charge in [0.25, 0.3) is 5.91 Å². The van der Waals surface area contributed by atoms with E-state index in [1.165, 1.54) is 0 Å². The van der Waals surface area contributed by atoms with Crippen molar-refractivity contribution in [2.45, 2.75) is 13.3 Å². The molecular formula is C18H22N2O3. The number of aryl methyl sites for hydroxylation is 1. The third-order valence-corrected chi connectivity index (χ3v) is 3.60. The van der Waals surface area contributed by atoms with Gasteiger partial charge < -0.3 is 20.5 Å². The summed E-state index contributed by atoms with van der Waals surface area (Å²) in [6.45, 7) is 2.45. The van der Waals surface area contributed by atoms with E-state index in [1.54, 1.807) is 26.4 Å². The highest BCUT2D eigenvalue weighted by Gasteiger charge is 2.10. The van der Waals surface area contributed by atoms with Crippen LogP contribution < -0.4 is 20.5 Å². The minimum Gasteiger partial charge on any atom is -0.493 e. The number of anilines is 1. The van der Waals surface area contributed by atoms with Crippen LogP contribution in [-0.2, 0) is 6.42 Å². The summed E-state index contributed by atoms with van der Waals surface area (Å²) in [5.41, 5.74) is 8.91. The summed E-state index contributed by atoms with van der Waals surface area (Å²) in [6.07, 6.45) is 0.692. The maximum absolute atomic E-state index is 12.2. The average molecular weight is 314 g/mol. The van der Waals surface area contributed by atoms with Crippen LogP contribution in [0.3, 0.4) is 0 Å². The van der Waals surface area contributed by atoms with Gasteiger partial charge in [-0.1, -0.05) is 17.7 Å². The van der Waals surface area contributed by atoms with E-state index in [1.807, 2.05) is 31.2 Å². The number of hydrogen-bond donors (Lipinski definition) is 2. The second kappa shape index (κ2) is 7.54. The lowest BCUT2D eigenvalue weighted by Crippen LogP contribution is -2.26. The molecule has 0 unspecified atom stereocenters. The summed E-state index contributed by atoms with van der Waals surface area (Å²) in [6, 6.07) is 11.1. The molecule has 0 aromatic heterocycles. The van der Waals surface area contributed by atoms with Crippen molar-refractivity contribution in [2.24, 2.45) is 0 Å². The Kier molecular flexibility index (Phi) is 5.46. The molecule has 23 heavy (non-hydrogen) atoms. The Hall–Kier alpha value is -2.69. The Morgan fingerprint density at radius 1 is 1.09 bits per heavy atom. The molecule has 0 bridgehead atoms. The fourth-order valence-corrected chi connectivity index (χ4v) is 2.32. The lowest BCUT2D eigenvalue weighted by molar-refractivity contribution is 0.0955. The van der Waals surface area contributed by atoms with E-state index < -0.39 is 0 Å². The zero-order chi connectivity index (χ0) is 16.8. The number of methoxy groups -OCH3 is 2. The number of nitrogens with two attached hydrogens (primary N) is 1. The van der Waals surface area contributed by atoms with E-state index in [0.29, 0.717) is 35.7 Å². The van der Waals surface area contributed by atoms with E-state index in [9.17, 15) is 4.79 Å². The Morgan fingerprint density at radius 3 is 2.52 bits per heavy atom. The Morgan fingerprint density at radius 2 is 1.83 bits per heavy atom. The highest BCUT2D eigenvalue weighted by atomic mass is 16.5. The molecule has 0 atom stereocenters. The first kappa shape index (κ1) is 16.7. The molecule has 0 spiro atoms. The van der Waals surface area contributed by atoms with Crippen molar-refractivity contribution >= 4 is 11.6 Å². The Bertz CT molecular complexity index is 699. The van der Waals surface area contributed by atoms with Gasteiger partial charge in [0.15, 0.2) is 11.5 Å². The minimum absolute atomic E-state index is 0.160. The normalized spacial score (nSPS) is 10.2. The zero-order valence-electron chi connectivity index (χ0n) is 13.7. The molecule has 2 rings (SSSR count). The van der Waals surface area contributed by atoms with Gasteiger partial charge in [-0.2, -0.15) is 0 Å². The van der Waals surface area contributed by atoms with Crippen LogP contribution >= 0.6 is 0 Å². The number of carbonyl (C=O) groups excluding carboxylic acids is 1. The molecule has 0 fully saturated rings. The summed E-state index contributed by atoms with van der Waals surface area (Å²) in [5.74, 6) is 1.21. The van der Waals surface area contributed by atoms with Crippen molar-refractivity contribution in [1.29, 1.82) is 0 Å². The topological polar surface area (TPSA) is 73.6 Å². The summed E-state index contributed by atoms with van der Waals surface area (Å²) < 4.78 is 10.5. The predicted molar refractivity (Wildman–Crippen MR) is 91.2 cm³/mol. The van der Waals surface area contributed by atoms with E-state index >= 15 is 0 Å². The average Bonchev–Trinajstić information content (AvgIpc) is 2.56. The SMILES string of the molecule is COc1ccc(CCNC(=O)c2cc(C)ccc2N)cc1OC. The highest BCUT2D eigenvalue weighted by Crippen LogP contribution is 2.27. The molecule has 2 aromatic carbocycles. The number of ether oxygens (including phenoxy) is 2. The molecule has 0 saturated heterocycles. The molecule has 2 aromatic rings. The first-order valence-corrected chi connectivity index (χ1v) is 7.40. The first-order valence-electron chi connectivity index (χ1n) is 7.40. The maximum Gasteiger partial charge on any atom is 0.253 e. The molecule has 0 heterocycles. The van der Waals surface area contributed by atoms with Crippen LogP contribution in [0.5, 0.6) is 11.5 Å². The number of rotatable bonds is 6. The number of nitrogens with one attached hydrogen (secondary N) is 1. The number of hydrogen-bond acceptors (Lipinski definition) is 4. The second-order valence-corrected chi connectivity index (χ2v) is 5.29. The van der Waals surface area contributed by atoms with E-state index in [2.05, 4.69) is 5.32 Å². The predicted octanol–water partition coefficient (Wildman–Crippen LogP) is 2.57. The minimum atomic E-state index is -0.160. The van der Waals surface area contributed by atoms with Crippen LogP contribution in [0.25, 0.3) is 0 Å². The first-order chi connectivity index (χ1) is 11.0. The van der Waals surface area contributed by atoms with Gasteiger partial charge in [0.2, 0.25) is 0 Å².